The van der Waals surface area contributed by atoms with Crippen LogP contribution in [0.3, 0.4) is 0 Å². The number of pyridine rings is 1. The van der Waals surface area contributed by atoms with Crippen LogP contribution in [-0.2, 0) is 6.54 Å². The van der Waals surface area contributed by atoms with Crippen molar-refractivity contribution in [3.8, 4) is 5.88 Å². The van der Waals surface area contributed by atoms with Crippen LogP contribution >= 0.6 is 0 Å². The number of benzene rings is 1. The van der Waals surface area contributed by atoms with Gasteiger partial charge in [0.15, 0.2) is 0 Å². The average Bonchev–Trinajstić information content (AvgIpc) is 2.45. The predicted octanol–water partition coefficient (Wildman–Crippen LogP) is 3.25. The molecule has 1 atom stereocenters. The maximum absolute atomic E-state index is 5.05. The molecule has 0 saturated carbocycles. The van der Waals surface area contributed by atoms with Crippen molar-refractivity contribution >= 4 is 0 Å². The van der Waals surface area contributed by atoms with Gasteiger partial charge >= 0.3 is 0 Å². The van der Waals surface area contributed by atoms with E-state index in [0.29, 0.717) is 11.9 Å². The normalized spacial score (nSPS) is 12.2. The number of aryl methyl sites for hydroxylation is 1. The third kappa shape index (κ3) is 3.80. The minimum Gasteiger partial charge on any atom is -0.481 e. The Labute approximate surface area is 114 Å². The van der Waals surface area contributed by atoms with Gasteiger partial charge < -0.3 is 10.1 Å². The Morgan fingerprint density at radius 3 is 2.74 bits per heavy atom. The number of aromatic nitrogens is 1. The Morgan fingerprint density at radius 1 is 1.26 bits per heavy atom. The van der Waals surface area contributed by atoms with E-state index in [1.165, 1.54) is 11.1 Å². The molecule has 0 radical (unpaired) electrons. The lowest BCUT2D eigenvalue weighted by molar-refractivity contribution is 0.397. The van der Waals surface area contributed by atoms with Crippen molar-refractivity contribution in [2.45, 2.75) is 26.4 Å². The highest BCUT2D eigenvalue weighted by Gasteiger charge is 2.05. The third-order valence-electron chi connectivity index (χ3n) is 3.16. The molecule has 0 aliphatic rings. The first-order valence-electron chi connectivity index (χ1n) is 6.48. The van der Waals surface area contributed by atoms with Crippen LogP contribution in [-0.4, -0.2) is 12.1 Å². The second-order valence-electron chi connectivity index (χ2n) is 4.73. The van der Waals surface area contributed by atoms with E-state index in [0.717, 1.165) is 12.1 Å². The van der Waals surface area contributed by atoms with E-state index in [4.69, 9.17) is 4.74 Å². The fourth-order valence-electron chi connectivity index (χ4n) is 1.96. The number of hydrogen-bond acceptors (Lipinski definition) is 3. The predicted molar refractivity (Wildman–Crippen MR) is 77.2 cm³/mol. The van der Waals surface area contributed by atoms with Crippen molar-refractivity contribution in [1.29, 1.82) is 0 Å². The fourth-order valence-corrected chi connectivity index (χ4v) is 1.96. The molecule has 3 heteroatoms. The standard InChI is InChI=1S/C16H20N2O/c1-12-5-4-6-15(9-12)13(2)17-10-14-7-8-16(19-3)18-11-14/h4-9,11,13,17H,10H2,1-3H3/t13-/m1/s1. The number of hydrogen-bond donors (Lipinski definition) is 1. The van der Waals surface area contributed by atoms with Gasteiger partial charge in [0.05, 0.1) is 7.11 Å². The van der Waals surface area contributed by atoms with Gasteiger partial charge in [-0.2, -0.15) is 0 Å². The van der Waals surface area contributed by atoms with Crippen molar-refractivity contribution in [2.24, 2.45) is 0 Å². The Bertz CT molecular complexity index is 523. The Morgan fingerprint density at radius 2 is 2.11 bits per heavy atom. The van der Waals surface area contributed by atoms with Crippen LogP contribution in [0.4, 0.5) is 0 Å². The summed E-state index contributed by atoms with van der Waals surface area (Å²) in [4.78, 5) is 4.20. The van der Waals surface area contributed by atoms with Gasteiger partial charge in [-0.1, -0.05) is 35.9 Å². The SMILES string of the molecule is COc1ccc(CN[C@H](C)c2cccc(C)c2)cn1. The summed E-state index contributed by atoms with van der Waals surface area (Å²) in [6, 6.07) is 12.8. The summed E-state index contributed by atoms with van der Waals surface area (Å²) in [5.74, 6) is 0.649. The van der Waals surface area contributed by atoms with Crippen LogP contribution in [0.1, 0.15) is 29.7 Å². The molecule has 0 unspecified atom stereocenters. The van der Waals surface area contributed by atoms with Crippen LogP contribution in [0.25, 0.3) is 0 Å². The summed E-state index contributed by atoms with van der Waals surface area (Å²) >= 11 is 0. The number of ether oxygens (including phenoxy) is 1. The molecule has 3 nitrogen and oxygen atoms in total. The van der Waals surface area contributed by atoms with Gasteiger partial charge in [-0.15, -0.1) is 0 Å². The largest absolute Gasteiger partial charge is 0.481 e. The van der Waals surface area contributed by atoms with Crippen LogP contribution < -0.4 is 10.1 Å². The van der Waals surface area contributed by atoms with Crippen molar-refractivity contribution in [2.75, 3.05) is 7.11 Å². The average molecular weight is 256 g/mol. The molecule has 2 rings (SSSR count). The molecule has 1 aromatic carbocycles. The van der Waals surface area contributed by atoms with Crippen LogP contribution in [0.15, 0.2) is 42.6 Å². The van der Waals surface area contributed by atoms with Crippen molar-refractivity contribution in [3.05, 3.63) is 59.3 Å². The Kier molecular flexibility index (Phi) is 4.53. The smallest absolute Gasteiger partial charge is 0.212 e. The molecule has 1 heterocycles. The quantitative estimate of drug-likeness (QED) is 0.891. The maximum atomic E-state index is 5.05. The monoisotopic (exact) mass is 256 g/mol. The highest BCUT2D eigenvalue weighted by Crippen LogP contribution is 2.15. The minimum atomic E-state index is 0.321. The summed E-state index contributed by atoms with van der Waals surface area (Å²) in [6.07, 6.45) is 1.84. The second kappa shape index (κ2) is 6.34. The summed E-state index contributed by atoms with van der Waals surface area (Å²) < 4.78 is 5.05. The molecule has 2 aromatic rings. The molecule has 0 aliphatic carbocycles. The highest BCUT2D eigenvalue weighted by molar-refractivity contribution is 5.25. The minimum absolute atomic E-state index is 0.321. The van der Waals surface area contributed by atoms with Gasteiger partial charge in [0.25, 0.3) is 0 Å². The van der Waals surface area contributed by atoms with E-state index in [1.54, 1.807) is 7.11 Å². The highest BCUT2D eigenvalue weighted by atomic mass is 16.5. The van der Waals surface area contributed by atoms with E-state index in [9.17, 15) is 0 Å². The molecule has 100 valence electrons. The van der Waals surface area contributed by atoms with E-state index >= 15 is 0 Å². The zero-order chi connectivity index (χ0) is 13.7. The summed E-state index contributed by atoms with van der Waals surface area (Å²) in [6.45, 7) is 5.08. The molecule has 0 spiro atoms. The third-order valence-corrected chi connectivity index (χ3v) is 3.16. The number of rotatable bonds is 5. The molecular weight excluding hydrogens is 236 g/mol. The molecule has 1 aromatic heterocycles. The topological polar surface area (TPSA) is 34.1 Å². The second-order valence-corrected chi connectivity index (χ2v) is 4.73. The number of nitrogens with one attached hydrogen (secondary N) is 1. The van der Waals surface area contributed by atoms with Crippen LogP contribution in [0.5, 0.6) is 5.88 Å². The van der Waals surface area contributed by atoms with E-state index < -0.39 is 0 Å². The Balaban J connectivity index is 1.94. The maximum Gasteiger partial charge on any atom is 0.212 e. The Hall–Kier alpha value is -1.87. The first kappa shape index (κ1) is 13.6. The lowest BCUT2D eigenvalue weighted by Gasteiger charge is -2.15. The van der Waals surface area contributed by atoms with Crippen molar-refractivity contribution < 1.29 is 4.74 Å². The van der Waals surface area contributed by atoms with Crippen molar-refractivity contribution in [3.63, 3.8) is 0 Å². The van der Waals surface area contributed by atoms with Gasteiger partial charge in [-0.25, -0.2) is 4.98 Å². The summed E-state index contributed by atoms with van der Waals surface area (Å²) in [5.41, 5.74) is 3.75. The summed E-state index contributed by atoms with van der Waals surface area (Å²) in [7, 11) is 1.63. The van der Waals surface area contributed by atoms with Crippen LogP contribution in [0, 0.1) is 6.92 Å². The number of nitrogens with zero attached hydrogens (tertiary/aromatic N) is 1. The molecule has 0 saturated heterocycles. The van der Waals surface area contributed by atoms with E-state index in [2.05, 4.69) is 48.4 Å². The first-order valence-corrected chi connectivity index (χ1v) is 6.48. The molecule has 0 fully saturated rings. The molecule has 0 amide bonds. The lowest BCUT2D eigenvalue weighted by atomic mass is 10.1. The van der Waals surface area contributed by atoms with Crippen molar-refractivity contribution in [1.82, 2.24) is 10.3 Å². The van der Waals surface area contributed by atoms with Gasteiger partial charge in [0, 0.05) is 24.8 Å². The van der Waals surface area contributed by atoms with Gasteiger partial charge in [0.1, 0.15) is 0 Å². The number of methoxy groups -OCH3 is 1. The molecule has 19 heavy (non-hydrogen) atoms. The van der Waals surface area contributed by atoms with Gasteiger partial charge in [-0.3, -0.25) is 0 Å². The lowest BCUT2D eigenvalue weighted by Crippen LogP contribution is -2.18. The van der Waals surface area contributed by atoms with Gasteiger partial charge in [0.2, 0.25) is 5.88 Å². The first-order chi connectivity index (χ1) is 9.19. The molecule has 0 aliphatic heterocycles. The van der Waals surface area contributed by atoms with Crippen LogP contribution in [0.2, 0.25) is 0 Å². The zero-order valence-electron chi connectivity index (χ0n) is 11.7. The molecule has 1 N–H and O–H groups in total. The zero-order valence-corrected chi connectivity index (χ0v) is 11.7. The summed E-state index contributed by atoms with van der Waals surface area (Å²) in [5, 5.41) is 3.50. The molecular formula is C16H20N2O. The van der Waals surface area contributed by atoms with Gasteiger partial charge in [-0.05, 0) is 25.0 Å². The fraction of sp³-hybridized carbons (Fsp3) is 0.312. The molecule has 0 bridgehead atoms. The van der Waals surface area contributed by atoms with E-state index in [1.807, 2.05) is 18.3 Å². The van der Waals surface area contributed by atoms with E-state index in [-0.39, 0.29) is 0 Å².